The molecule has 0 saturated heterocycles. The highest BCUT2D eigenvalue weighted by Crippen LogP contribution is 2.28. The zero-order valence-electron chi connectivity index (χ0n) is 13.1. The van der Waals surface area contributed by atoms with E-state index in [0.29, 0.717) is 22.2 Å². The lowest BCUT2D eigenvalue weighted by Gasteiger charge is -2.10. The van der Waals surface area contributed by atoms with Gasteiger partial charge < -0.3 is 4.74 Å². The van der Waals surface area contributed by atoms with Crippen LogP contribution >= 0.6 is 39.1 Å². The van der Waals surface area contributed by atoms with Crippen molar-refractivity contribution in [2.24, 2.45) is 0 Å². The number of halogens is 3. The molecule has 0 aromatic heterocycles. The van der Waals surface area contributed by atoms with Crippen molar-refractivity contribution in [2.45, 2.75) is 4.90 Å². The van der Waals surface area contributed by atoms with E-state index in [-0.39, 0.29) is 9.92 Å². The van der Waals surface area contributed by atoms with E-state index in [9.17, 15) is 8.42 Å². The molecule has 3 aromatic rings. The van der Waals surface area contributed by atoms with Crippen LogP contribution in [0.4, 0.5) is 5.69 Å². The first kappa shape index (κ1) is 19.0. The van der Waals surface area contributed by atoms with E-state index in [4.69, 9.17) is 27.9 Å². The van der Waals surface area contributed by atoms with Crippen LogP contribution in [0.1, 0.15) is 0 Å². The van der Waals surface area contributed by atoms with E-state index in [2.05, 4.69) is 20.7 Å². The van der Waals surface area contributed by atoms with Crippen LogP contribution in [-0.2, 0) is 10.0 Å². The summed E-state index contributed by atoms with van der Waals surface area (Å²) in [5.74, 6) is 1.18. The third-order valence-corrected chi connectivity index (χ3v) is 6.02. The minimum Gasteiger partial charge on any atom is -0.457 e. The van der Waals surface area contributed by atoms with Crippen molar-refractivity contribution in [3.05, 3.63) is 81.2 Å². The number of ether oxygens (including phenoxy) is 1. The maximum Gasteiger partial charge on any atom is 0.261 e. The molecule has 4 nitrogen and oxygen atoms in total. The molecular formula is C18H12BrCl2NO3S. The first-order chi connectivity index (χ1) is 12.3. The van der Waals surface area contributed by atoms with E-state index in [1.54, 1.807) is 24.3 Å². The summed E-state index contributed by atoms with van der Waals surface area (Å²) in [7, 11) is -3.75. The number of anilines is 1. The first-order valence-electron chi connectivity index (χ1n) is 7.35. The van der Waals surface area contributed by atoms with Crippen molar-refractivity contribution >= 4 is 54.8 Å². The molecule has 3 aromatic carbocycles. The summed E-state index contributed by atoms with van der Waals surface area (Å²) in [4.78, 5) is 0.103. The minimum atomic E-state index is -3.75. The average molecular weight is 473 g/mol. The highest BCUT2D eigenvalue weighted by Gasteiger charge is 2.15. The summed E-state index contributed by atoms with van der Waals surface area (Å²) in [5.41, 5.74) is 0.328. The van der Waals surface area contributed by atoms with E-state index in [1.165, 1.54) is 30.3 Å². The van der Waals surface area contributed by atoms with Gasteiger partial charge in [-0.25, -0.2) is 8.42 Å². The quantitative estimate of drug-likeness (QED) is 0.470. The highest BCUT2D eigenvalue weighted by atomic mass is 79.9. The summed E-state index contributed by atoms with van der Waals surface area (Å²) < 4.78 is 34.0. The van der Waals surface area contributed by atoms with Gasteiger partial charge in [-0.2, -0.15) is 0 Å². The lowest BCUT2D eigenvalue weighted by molar-refractivity contribution is 0.482. The number of hydrogen-bond donors (Lipinski definition) is 1. The van der Waals surface area contributed by atoms with Gasteiger partial charge in [0.2, 0.25) is 0 Å². The van der Waals surface area contributed by atoms with Crippen LogP contribution in [-0.4, -0.2) is 8.42 Å². The summed E-state index contributed by atoms with van der Waals surface area (Å²) in [6, 6.07) is 17.9. The molecule has 0 amide bonds. The normalized spacial score (nSPS) is 11.2. The van der Waals surface area contributed by atoms with Crippen molar-refractivity contribution in [2.75, 3.05) is 4.72 Å². The highest BCUT2D eigenvalue weighted by molar-refractivity contribution is 9.10. The van der Waals surface area contributed by atoms with Gasteiger partial charge in [0.1, 0.15) is 11.5 Å². The molecule has 0 aliphatic carbocycles. The van der Waals surface area contributed by atoms with Crippen molar-refractivity contribution in [1.29, 1.82) is 0 Å². The van der Waals surface area contributed by atoms with Crippen molar-refractivity contribution < 1.29 is 13.2 Å². The second-order valence-corrected chi connectivity index (χ2v) is 8.67. The molecule has 0 unspecified atom stereocenters. The average Bonchev–Trinajstić information content (AvgIpc) is 2.60. The summed E-state index contributed by atoms with van der Waals surface area (Å²) in [5, 5.41) is 0.620. The third-order valence-electron chi connectivity index (χ3n) is 3.36. The molecule has 0 aliphatic heterocycles. The van der Waals surface area contributed by atoms with E-state index in [1.807, 2.05) is 12.1 Å². The molecule has 0 radical (unpaired) electrons. The van der Waals surface area contributed by atoms with Crippen molar-refractivity contribution in [1.82, 2.24) is 0 Å². The number of nitrogens with one attached hydrogen (secondary N) is 1. The van der Waals surface area contributed by atoms with Crippen LogP contribution in [0.3, 0.4) is 0 Å². The molecule has 0 fully saturated rings. The molecule has 0 spiro atoms. The van der Waals surface area contributed by atoms with Crippen LogP contribution < -0.4 is 9.46 Å². The predicted molar refractivity (Wildman–Crippen MR) is 108 cm³/mol. The molecule has 0 atom stereocenters. The maximum atomic E-state index is 12.5. The molecule has 0 saturated carbocycles. The Morgan fingerprint density at radius 3 is 1.96 bits per heavy atom. The van der Waals surface area contributed by atoms with Gasteiger partial charge >= 0.3 is 0 Å². The number of sulfonamides is 1. The van der Waals surface area contributed by atoms with E-state index >= 15 is 0 Å². The Balaban J connectivity index is 1.75. The second kappa shape index (κ2) is 7.88. The SMILES string of the molecule is O=S(=O)(Nc1ccc(Cl)c(Cl)c1)c1ccc(Oc2ccc(Br)cc2)cc1. The largest absolute Gasteiger partial charge is 0.457 e. The Hall–Kier alpha value is -1.73. The van der Waals surface area contributed by atoms with E-state index in [0.717, 1.165) is 4.47 Å². The lowest BCUT2D eigenvalue weighted by atomic mass is 10.3. The standard InChI is InChI=1S/C18H12BrCl2NO3S/c19-12-1-4-14(5-2-12)25-15-6-8-16(9-7-15)26(23,24)22-13-3-10-17(20)18(21)11-13/h1-11,22H. The van der Waals surface area contributed by atoms with Crippen LogP contribution in [0.25, 0.3) is 0 Å². The fourth-order valence-electron chi connectivity index (χ4n) is 2.10. The van der Waals surface area contributed by atoms with Gasteiger partial charge in [-0.05, 0) is 66.7 Å². The lowest BCUT2D eigenvalue weighted by Crippen LogP contribution is -2.12. The van der Waals surface area contributed by atoms with Gasteiger partial charge in [-0.1, -0.05) is 39.1 Å². The van der Waals surface area contributed by atoms with Gasteiger partial charge in [0.15, 0.2) is 0 Å². The Morgan fingerprint density at radius 2 is 1.38 bits per heavy atom. The van der Waals surface area contributed by atoms with Gasteiger partial charge in [0.05, 0.1) is 20.6 Å². The molecule has 0 heterocycles. The molecule has 0 aliphatic rings. The zero-order valence-corrected chi connectivity index (χ0v) is 17.0. The summed E-state index contributed by atoms with van der Waals surface area (Å²) in [6.45, 7) is 0. The monoisotopic (exact) mass is 471 g/mol. The predicted octanol–water partition coefficient (Wildman–Crippen LogP) is 6.35. The summed E-state index contributed by atoms with van der Waals surface area (Å²) >= 11 is 15.1. The van der Waals surface area contributed by atoms with Crippen LogP contribution in [0.2, 0.25) is 10.0 Å². The third kappa shape index (κ3) is 4.71. The Morgan fingerprint density at radius 1 is 0.808 bits per heavy atom. The molecular weight excluding hydrogens is 461 g/mol. The van der Waals surface area contributed by atoms with Gasteiger partial charge in [0, 0.05) is 4.47 Å². The van der Waals surface area contributed by atoms with Crippen LogP contribution in [0.15, 0.2) is 76.1 Å². The molecule has 1 N–H and O–H groups in total. The fourth-order valence-corrected chi connectivity index (χ4v) is 3.71. The van der Waals surface area contributed by atoms with Gasteiger partial charge in [-0.15, -0.1) is 0 Å². The molecule has 8 heteroatoms. The first-order valence-corrected chi connectivity index (χ1v) is 10.4. The Kier molecular flexibility index (Phi) is 5.77. The topological polar surface area (TPSA) is 55.4 Å². The fraction of sp³-hybridized carbons (Fsp3) is 0. The molecule has 3 rings (SSSR count). The number of benzene rings is 3. The number of hydrogen-bond acceptors (Lipinski definition) is 3. The smallest absolute Gasteiger partial charge is 0.261 e. The van der Waals surface area contributed by atoms with Crippen molar-refractivity contribution in [3.8, 4) is 11.5 Å². The van der Waals surface area contributed by atoms with Crippen molar-refractivity contribution in [3.63, 3.8) is 0 Å². The van der Waals surface area contributed by atoms with Crippen LogP contribution in [0.5, 0.6) is 11.5 Å². The van der Waals surface area contributed by atoms with Crippen LogP contribution in [0, 0.1) is 0 Å². The molecule has 26 heavy (non-hydrogen) atoms. The Bertz CT molecular complexity index is 1020. The van der Waals surface area contributed by atoms with Gasteiger partial charge in [0.25, 0.3) is 10.0 Å². The Labute approximate surface area is 169 Å². The van der Waals surface area contributed by atoms with Gasteiger partial charge in [-0.3, -0.25) is 4.72 Å². The molecule has 134 valence electrons. The van der Waals surface area contributed by atoms with E-state index < -0.39 is 10.0 Å². The maximum absolute atomic E-state index is 12.5. The summed E-state index contributed by atoms with van der Waals surface area (Å²) in [6.07, 6.45) is 0. The number of rotatable bonds is 5. The molecule has 0 bridgehead atoms. The minimum absolute atomic E-state index is 0.103. The second-order valence-electron chi connectivity index (χ2n) is 5.26. The zero-order chi connectivity index (χ0) is 18.7.